The first-order chi connectivity index (χ1) is 11.3. The number of rotatable bonds is 6. The molecule has 2 aromatic rings. The number of nitriles is 1. The van der Waals surface area contributed by atoms with Crippen LogP contribution in [-0.4, -0.2) is 20.4 Å². The van der Waals surface area contributed by atoms with E-state index in [0.717, 1.165) is 11.1 Å². The van der Waals surface area contributed by atoms with Gasteiger partial charge in [0.1, 0.15) is 5.41 Å². The molecule has 2 unspecified atom stereocenters. The Kier molecular flexibility index (Phi) is 5.61. The molecule has 0 saturated heterocycles. The lowest BCUT2D eigenvalue weighted by atomic mass is 9.74. The molecule has 0 aliphatic carbocycles. The van der Waals surface area contributed by atoms with Crippen molar-refractivity contribution >= 4 is 8.32 Å². The number of hydroxylamine groups is 2. The predicted octanol–water partition coefficient (Wildman–Crippen LogP) is 4.91. The number of likely N-dealkylation sites (N-methyl/N-ethyl adjacent to an activating group) is 1. The van der Waals surface area contributed by atoms with Gasteiger partial charge in [-0.05, 0) is 37.7 Å². The molecule has 0 fully saturated rings. The van der Waals surface area contributed by atoms with Crippen molar-refractivity contribution < 1.29 is 4.53 Å². The topological polar surface area (TPSA) is 36.3 Å². The molecule has 0 N–H and O–H groups in total. The average Bonchev–Trinajstić information content (AvgIpc) is 2.55. The lowest BCUT2D eigenvalue weighted by Crippen LogP contribution is -2.44. The lowest BCUT2D eigenvalue weighted by Gasteiger charge is -2.40. The summed E-state index contributed by atoms with van der Waals surface area (Å²) in [4.78, 5) is 0. The van der Waals surface area contributed by atoms with Gasteiger partial charge >= 0.3 is 0 Å². The zero-order valence-electron chi connectivity index (χ0n) is 15.2. The van der Waals surface area contributed by atoms with Crippen LogP contribution in [-0.2, 0) is 9.94 Å². The molecule has 0 saturated carbocycles. The third kappa shape index (κ3) is 4.12. The fourth-order valence-corrected chi connectivity index (χ4v) is 4.06. The normalized spacial score (nSPS) is 15.5. The van der Waals surface area contributed by atoms with Crippen molar-refractivity contribution in [1.82, 2.24) is 5.06 Å². The lowest BCUT2D eigenvalue weighted by molar-refractivity contribution is -0.0974. The maximum Gasteiger partial charge on any atom is 0.212 e. The molecule has 3 nitrogen and oxygen atoms in total. The molecule has 126 valence electrons. The molecule has 0 bridgehead atoms. The van der Waals surface area contributed by atoms with Crippen LogP contribution >= 0.6 is 0 Å². The highest BCUT2D eigenvalue weighted by Crippen LogP contribution is 2.41. The zero-order valence-corrected chi connectivity index (χ0v) is 16.2. The summed E-state index contributed by atoms with van der Waals surface area (Å²) in [6, 6.07) is 22.5. The van der Waals surface area contributed by atoms with Crippen LogP contribution in [0.2, 0.25) is 19.6 Å². The summed E-state index contributed by atoms with van der Waals surface area (Å²) in [5.41, 5.74) is 1.34. The Bertz CT molecular complexity index is 691. The Balaban J connectivity index is 2.55. The third-order valence-corrected chi connectivity index (χ3v) is 4.89. The summed E-state index contributed by atoms with van der Waals surface area (Å²) in [5, 5.41) is 12.0. The monoisotopic (exact) mass is 338 g/mol. The Labute approximate surface area is 146 Å². The molecule has 0 amide bonds. The maximum atomic E-state index is 10.1. The molecule has 0 radical (unpaired) electrons. The number of benzene rings is 2. The van der Waals surface area contributed by atoms with Crippen LogP contribution in [0.15, 0.2) is 60.7 Å². The zero-order chi connectivity index (χ0) is 17.8. The van der Waals surface area contributed by atoms with E-state index in [1.165, 1.54) is 0 Å². The van der Waals surface area contributed by atoms with E-state index in [-0.39, 0.29) is 6.04 Å². The van der Waals surface area contributed by atoms with Crippen LogP contribution < -0.4 is 0 Å². The second kappa shape index (κ2) is 7.31. The van der Waals surface area contributed by atoms with Gasteiger partial charge in [0.15, 0.2) is 0 Å². The standard InChI is InChI=1S/C20H26N2OSi/c1-20(16-21,18-14-10-7-11-15-18)19(17-12-8-6-9-13-17)22(2)23-24(3,4)5/h6-15,19H,1-5H3. The Morgan fingerprint density at radius 1 is 1.00 bits per heavy atom. The van der Waals surface area contributed by atoms with E-state index in [1.54, 1.807) is 0 Å². The summed E-state index contributed by atoms with van der Waals surface area (Å²) in [7, 11) is 0.147. The molecular formula is C20H26N2OSi. The van der Waals surface area contributed by atoms with Crippen molar-refractivity contribution in [3.05, 3.63) is 71.8 Å². The van der Waals surface area contributed by atoms with Crippen LogP contribution in [0.5, 0.6) is 0 Å². The number of hydrogen-bond acceptors (Lipinski definition) is 3. The van der Waals surface area contributed by atoms with E-state index in [9.17, 15) is 5.26 Å². The van der Waals surface area contributed by atoms with Crippen molar-refractivity contribution in [2.45, 2.75) is 38.0 Å². The van der Waals surface area contributed by atoms with Crippen molar-refractivity contribution in [3.8, 4) is 6.07 Å². The Hall–Kier alpha value is -1.93. The quantitative estimate of drug-likeness (QED) is 0.555. The largest absolute Gasteiger partial charge is 0.343 e. The summed E-state index contributed by atoms with van der Waals surface area (Å²) in [5.74, 6) is 0. The van der Waals surface area contributed by atoms with Crippen molar-refractivity contribution in [3.63, 3.8) is 0 Å². The van der Waals surface area contributed by atoms with E-state index in [2.05, 4.69) is 37.8 Å². The first-order valence-electron chi connectivity index (χ1n) is 8.21. The van der Waals surface area contributed by atoms with E-state index < -0.39 is 13.7 Å². The second-order valence-corrected chi connectivity index (χ2v) is 11.7. The van der Waals surface area contributed by atoms with Gasteiger partial charge in [-0.15, -0.1) is 0 Å². The van der Waals surface area contributed by atoms with Crippen molar-refractivity contribution in [1.29, 1.82) is 5.26 Å². The average molecular weight is 339 g/mol. The fraction of sp³-hybridized carbons (Fsp3) is 0.350. The minimum atomic E-state index is -1.79. The van der Waals surface area contributed by atoms with E-state index in [1.807, 2.05) is 67.6 Å². The van der Waals surface area contributed by atoms with Crippen LogP contribution in [0.1, 0.15) is 24.1 Å². The van der Waals surface area contributed by atoms with Crippen LogP contribution in [0.4, 0.5) is 0 Å². The molecule has 0 aliphatic rings. The van der Waals surface area contributed by atoms with Gasteiger partial charge in [-0.1, -0.05) is 60.7 Å². The van der Waals surface area contributed by atoms with Crippen molar-refractivity contribution in [2.24, 2.45) is 0 Å². The number of nitrogens with zero attached hydrogens (tertiary/aromatic N) is 2. The van der Waals surface area contributed by atoms with Crippen LogP contribution in [0, 0.1) is 11.3 Å². The molecule has 2 atom stereocenters. The van der Waals surface area contributed by atoms with Gasteiger partial charge in [0.25, 0.3) is 0 Å². The minimum Gasteiger partial charge on any atom is -0.343 e. The highest BCUT2D eigenvalue weighted by molar-refractivity contribution is 6.69. The van der Waals surface area contributed by atoms with E-state index >= 15 is 0 Å². The highest BCUT2D eigenvalue weighted by atomic mass is 28.4. The maximum absolute atomic E-state index is 10.1. The van der Waals surface area contributed by atoms with Gasteiger partial charge in [-0.25, -0.2) is 0 Å². The molecule has 2 aromatic carbocycles. The molecule has 4 heteroatoms. The van der Waals surface area contributed by atoms with Crippen LogP contribution in [0.25, 0.3) is 0 Å². The highest BCUT2D eigenvalue weighted by Gasteiger charge is 2.41. The predicted molar refractivity (Wildman–Crippen MR) is 101 cm³/mol. The minimum absolute atomic E-state index is 0.196. The summed E-state index contributed by atoms with van der Waals surface area (Å²) in [6.07, 6.45) is 0. The molecular weight excluding hydrogens is 312 g/mol. The first kappa shape index (κ1) is 18.4. The first-order valence-corrected chi connectivity index (χ1v) is 11.6. The van der Waals surface area contributed by atoms with Gasteiger partial charge < -0.3 is 4.53 Å². The van der Waals surface area contributed by atoms with Gasteiger partial charge in [0.2, 0.25) is 8.32 Å². The second-order valence-electron chi connectivity index (χ2n) is 7.24. The number of hydrogen-bond donors (Lipinski definition) is 0. The third-order valence-electron chi connectivity index (χ3n) is 4.05. The van der Waals surface area contributed by atoms with Crippen molar-refractivity contribution in [2.75, 3.05) is 7.05 Å². The molecule has 0 heterocycles. The summed E-state index contributed by atoms with van der Waals surface area (Å²) in [6.45, 7) is 8.44. The summed E-state index contributed by atoms with van der Waals surface area (Å²) >= 11 is 0. The van der Waals surface area contributed by atoms with Gasteiger partial charge in [-0.2, -0.15) is 10.3 Å². The Morgan fingerprint density at radius 3 is 1.96 bits per heavy atom. The molecule has 0 aliphatic heterocycles. The van der Waals surface area contributed by atoms with Gasteiger partial charge in [-0.3, -0.25) is 0 Å². The SMILES string of the molecule is CN(O[Si](C)(C)C)C(c1ccccc1)C(C)(C#N)c1ccccc1. The fourth-order valence-electron chi connectivity index (χ4n) is 3.09. The van der Waals surface area contributed by atoms with Gasteiger partial charge in [0.05, 0.1) is 12.1 Å². The summed E-state index contributed by atoms with van der Waals surface area (Å²) < 4.78 is 6.24. The Morgan fingerprint density at radius 2 is 1.50 bits per heavy atom. The van der Waals surface area contributed by atoms with Gasteiger partial charge in [0, 0.05) is 7.05 Å². The van der Waals surface area contributed by atoms with E-state index in [4.69, 9.17) is 4.53 Å². The molecule has 24 heavy (non-hydrogen) atoms. The molecule has 0 aromatic heterocycles. The van der Waals surface area contributed by atoms with E-state index in [0.29, 0.717) is 0 Å². The van der Waals surface area contributed by atoms with Crippen LogP contribution in [0.3, 0.4) is 0 Å². The molecule has 2 rings (SSSR count). The molecule has 0 spiro atoms. The smallest absolute Gasteiger partial charge is 0.212 e.